The highest BCUT2D eigenvalue weighted by Crippen LogP contribution is 2.51. The molecule has 0 spiro atoms. The molecule has 0 aliphatic heterocycles. The minimum absolute atomic E-state index is 0.185. The Morgan fingerprint density at radius 2 is 1.74 bits per heavy atom. The summed E-state index contributed by atoms with van der Waals surface area (Å²) in [5, 5.41) is 20.0. The zero-order chi connectivity index (χ0) is 18.0. The number of aliphatic hydroxyl groups excluding tert-OH is 1. The summed E-state index contributed by atoms with van der Waals surface area (Å²) in [6.45, 7) is 8.77. The van der Waals surface area contributed by atoms with E-state index in [1.165, 1.54) is 0 Å². The predicted octanol–water partition coefficient (Wildman–Crippen LogP) is 3.38. The molecule has 1 atom stereocenters. The van der Waals surface area contributed by atoms with Crippen molar-refractivity contribution in [2.75, 3.05) is 12.8 Å². The average Bonchev–Trinajstić information content (AvgIpc) is 2.34. The molecule has 0 bridgehead atoms. The number of amides is 1. The quantitative estimate of drug-likeness (QED) is 0.389. The summed E-state index contributed by atoms with van der Waals surface area (Å²) in [6.07, 6.45) is 1.60. The minimum Gasteiger partial charge on any atom is -0.465 e. The van der Waals surface area contributed by atoms with Gasteiger partial charge in [-0.15, -0.1) is 0 Å². The molecule has 0 unspecified atom stereocenters. The van der Waals surface area contributed by atoms with E-state index in [2.05, 4.69) is 5.32 Å². The maximum absolute atomic E-state index is 12.6. The van der Waals surface area contributed by atoms with E-state index >= 15 is 0 Å². The first-order chi connectivity index (χ1) is 10.6. The highest BCUT2D eigenvalue weighted by atomic mass is 31.2. The summed E-state index contributed by atoms with van der Waals surface area (Å²) in [6, 6.07) is -0.641. The number of hydrogen-bond acceptors (Lipinski definition) is 5. The molecule has 0 aliphatic rings. The van der Waals surface area contributed by atoms with Crippen LogP contribution >= 0.6 is 7.60 Å². The molecule has 23 heavy (non-hydrogen) atoms. The number of aliphatic hydroxyl groups is 1. The minimum atomic E-state index is -3.14. The average molecular weight is 351 g/mol. The van der Waals surface area contributed by atoms with Crippen molar-refractivity contribution in [3.05, 3.63) is 11.6 Å². The van der Waals surface area contributed by atoms with E-state index in [1.54, 1.807) is 6.08 Å². The zero-order valence-electron chi connectivity index (χ0n) is 14.6. The van der Waals surface area contributed by atoms with Gasteiger partial charge in [0.25, 0.3) is 0 Å². The second kappa shape index (κ2) is 10.8. The lowest BCUT2D eigenvalue weighted by molar-refractivity contribution is 0.142. The van der Waals surface area contributed by atoms with Gasteiger partial charge in [0.05, 0.1) is 31.0 Å². The first-order valence-corrected chi connectivity index (χ1v) is 9.54. The van der Waals surface area contributed by atoms with Crippen LogP contribution in [0.4, 0.5) is 4.79 Å². The van der Waals surface area contributed by atoms with Crippen LogP contribution in [0.25, 0.3) is 0 Å². The maximum Gasteiger partial charge on any atom is 0.405 e. The predicted molar refractivity (Wildman–Crippen MR) is 89.9 cm³/mol. The highest BCUT2D eigenvalue weighted by Gasteiger charge is 2.27. The van der Waals surface area contributed by atoms with E-state index in [0.29, 0.717) is 19.0 Å². The Bertz CT molecular complexity index is 422. The summed E-state index contributed by atoms with van der Waals surface area (Å²) >= 11 is 0. The highest BCUT2D eigenvalue weighted by molar-refractivity contribution is 7.53. The lowest BCUT2D eigenvalue weighted by Crippen LogP contribution is -2.35. The summed E-state index contributed by atoms with van der Waals surface area (Å²) in [7, 11) is -3.14. The van der Waals surface area contributed by atoms with Crippen molar-refractivity contribution in [2.45, 2.75) is 65.7 Å². The van der Waals surface area contributed by atoms with Crippen LogP contribution in [0.2, 0.25) is 0 Å². The molecule has 0 aromatic carbocycles. The number of carbonyl (C=O) groups is 1. The molecule has 1 amide bonds. The molecule has 3 N–H and O–H groups in total. The lowest BCUT2D eigenvalue weighted by Gasteiger charge is -2.22. The molecule has 0 fully saturated rings. The molecule has 0 saturated heterocycles. The molecule has 0 aromatic heterocycles. The molecule has 7 nitrogen and oxygen atoms in total. The second-order valence-electron chi connectivity index (χ2n) is 6.00. The van der Waals surface area contributed by atoms with Crippen LogP contribution in [-0.4, -0.2) is 47.3 Å². The number of nitrogens with one attached hydrogen (secondary N) is 1. The summed E-state index contributed by atoms with van der Waals surface area (Å²) in [4.78, 5) is 10.6. The SMILES string of the molecule is CC(=C[C@H](CO)NC(=O)O)CCCP(=O)(OC(C)C)OC(C)C. The first kappa shape index (κ1) is 22.1. The Morgan fingerprint density at radius 1 is 1.22 bits per heavy atom. The van der Waals surface area contributed by atoms with E-state index in [0.717, 1.165) is 5.57 Å². The van der Waals surface area contributed by atoms with E-state index in [9.17, 15) is 9.36 Å². The monoisotopic (exact) mass is 351 g/mol. The molecular weight excluding hydrogens is 321 g/mol. The fraction of sp³-hybridized carbons (Fsp3) is 0.800. The maximum atomic E-state index is 12.6. The van der Waals surface area contributed by atoms with Crippen LogP contribution in [-0.2, 0) is 13.6 Å². The normalized spacial score (nSPS) is 14.3. The zero-order valence-corrected chi connectivity index (χ0v) is 15.5. The molecule has 0 aliphatic carbocycles. The summed E-state index contributed by atoms with van der Waals surface area (Å²) in [5.74, 6) is 0. The Kier molecular flexibility index (Phi) is 10.4. The van der Waals surface area contributed by atoms with Crippen LogP contribution in [0.5, 0.6) is 0 Å². The fourth-order valence-corrected chi connectivity index (χ4v) is 4.14. The number of hydrogen-bond donors (Lipinski definition) is 3. The Morgan fingerprint density at radius 3 is 2.13 bits per heavy atom. The number of carboxylic acid groups (broad SMARTS) is 1. The Labute approximate surface area is 138 Å². The van der Waals surface area contributed by atoms with Crippen molar-refractivity contribution in [2.24, 2.45) is 0 Å². The van der Waals surface area contributed by atoms with Crippen molar-refractivity contribution < 1.29 is 28.6 Å². The van der Waals surface area contributed by atoms with E-state index in [4.69, 9.17) is 19.3 Å². The number of rotatable bonds is 11. The molecule has 0 rings (SSSR count). The van der Waals surface area contributed by atoms with Crippen molar-refractivity contribution in [1.29, 1.82) is 0 Å². The van der Waals surface area contributed by atoms with Gasteiger partial charge >= 0.3 is 13.7 Å². The standard InChI is InChI=1S/C15H30NO6P/c1-11(2)21-23(20,22-12(3)4)8-6-7-13(5)9-14(10-17)16-15(18)19/h9,11-12,14,16-17H,6-8,10H2,1-5H3,(H,18,19)/t14-/m1/s1. The van der Waals surface area contributed by atoms with Gasteiger partial charge in [-0.25, -0.2) is 4.79 Å². The number of allylic oxidation sites excluding steroid dienone is 1. The lowest BCUT2D eigenvalue weighted by atomic mass is 10.1. The molecule has 0 saturated carbocycles. The van der Waals surface area contributed by atoms with Gasteiger partial charge in [0.1, 0.15) is 0 Å². The van der Waals surface area contributed by atoms with Crippen LogP contribution in [0.3, 0.4) is 0 Å². The molecule has 0 aromatic rings. The van der Waals surface area contributed by atoms with E-state index in [1.807, 2.05) is 34.6 Å². The van der Waals surface area contributed by atoms with Gasteiger partial charge in [0, 0.05) is 0 Å². The third kappa shape index (κ3) is 11.3. The molecule has 8 heteroatoms. The van der Waals surface area contributed by atoms with Crippen LogP contribution in [0.15, 0.2) is 11.6 Å². The molecular formula is C15H30NO6P. The largest absolute Gasteiger partial charge is 0.465 e. The molecule has 0 radical (unpaired) electrons. The van der Waals surface area contributed by atoms with E-state index in [-0.39, 0.29) is 18.8 Å². The van der Waals surface area contributed by atoms with Gasteiger partial charge in [0.15, 0.2) is 0 Å². The summed E-state index contributed by atoms with van der Waals surface area (Å²) < 4.78 is 23.6. The van der Waals surface area contributed by atoms with Gasteiger partial charge in [-0.1, -0.05) is 11.6 Å². The van der Waals surface area contributed by atoms with Crippen molar-refractivity contribution in [1.82, 2.24) is 5.32 Å². The van der Waals surface area contributed by atoms with Crippen LogP contribution < -0.4 is 5.32 Å². The van der Waals surface area contributed by atoms with Crippen LogP contribution in [0, 0.1) is 0 Å². The first-order valence-electron chi connectivity index (χ1n) is 7.81. The second-order valence-corrected chi connectivity index (χ2v) is 8.09. The fourth-order valence-electron chi connectivity index (χ4n) is 2.05. The molecule has 136 valence electrons. The van der Waals surface area contributed by atoms with Crippen molar-refractivity contribution in [3.63, 3.8) is 0 Å². The Hall–Kier alpha value is -0.880. The Balaban J connectivity index is 4.57. The van der Waals surface area contributed by atoms with Gasteiger partial charge < -0.3 is 24.6 Å². The molecule has 0 heterocycles. The third-order valence-corrected chi connectivity index (χ3v) is 5.09. The van der Waals surface area contributed by atoms with Gasteiger partial charge in [-0.3, -0.25) is 4.57 Å². The van der Waals surface area contributed by atoms with Crippen LogP contribution in [0.1, 0.15) is 47.5 Å². The van der Waals surface area contributed by atoms with Gasteiger partial charge in [-0.2, -0.15) is 0 Å². The third-order valence-electron chi connectivity index (χ3n) is 2.74. The van der Waals surface area contributed by atoms with E-state index < -0.39 is 19.7 Å². The van der Waals surface area contributed by atoms with Gasteiger partial charge in [-0.05, 0) is 47.5 Å². The topological polar surface area (TPSA) is 105 Å². The smallest absolute Gasteiger partial charge is 0.405 e. The summed E-state index contributed by atoms with van der Waals surface area (Å²) in [5.41, 5.74) is 0.901. The van der Waals surface area contributed by atoms with Gasteiger partial charge in [0.2, 0.25) is 0 Å². The van der Waals surface area contributed by atoms with Crippen molar-refractivity contribution in [3.8, 4) is 0 Å². The van der Waals surface area contributed by atoms with Crippen molar-refractivity contribution >= 4 is 13.7 Å².